The molecule has 1 saturated carbocycles. The summed E-state index contributed by atoms with van der Waals surface area (Å²) in [7, 11) is 5.19. The largest absolute Gasteiger partial charge is 0.379 e. The quantitative estimate of drug-likeness (QED) is 0.404. The zero-order chi connectivity index (χ0) is 24.8. The summed E-state index contributed by atoms with van der Waals surface area (Å²) in [5.41, 5.74) is 3.42. The number of hydrogen-bond acceptors (Lipinski definition) is 8. The standard InChI is InChI=1S/C25H29N7O4/c1-26-22-9-18(29-24-16(11-28-32(22)24)25(33)30-17-6-7-20(17)34-2)15-10-27-23-14(15)5-4-8-31(23)19-12-36-13-21(19)35-3/h4-5,8-11,17,19-21,26H,6-7,12-13H2,1-3H3,(H,30,33)/t17-,19-,20-,21-/m0/s1. The van der Waals surface area contributed by atoms with Crippen LogP contribution < -0.4 is 10.6 Å². The zero-order valence-corrected chi connectivity index (χ0v) is 20.5. The van der Waals surface area contributed by atoms with E-state index in [1.807, 2.05) is 37.6 Å². The van der Waals surface area contributed by atoms with Crippen molar-refractivity contribution in [2.45, 2.75) is 37.1 Å². The van der Waals surface area contributed by atoms with Gasteiger partial charge in [-0.25, -0.2) is 9.97 Å². The number of nitrogens with one attached hydrogen (secondary N) is 2. The maximum Gasteiger partial charge on any atom is 0.257 e. The lowest BCUT2D eigenvalue weighted by Crippen LogP contribution is -2.51. The topological polar surface area (TPSA) is 117 Å². The summed E-state index contributed by atoms with van der Waals surface area (Å²) < 4.78 is 20.5. The van der Waals surface area contributed by atoms with Crippen molar-refractivity contribution in [1.82, 2.24) is 29.5 Å². The highest BCUT2D eigenvalue weighted by atomic mass is 16.5. The molecular formula is C25H29N7O4. The number of aromatic nitrogens is 5. The fraction of sp³-hybridized carbons (Fsp3) is 0.440. The van der Waals surface area contributed by atoms with E-state index in [0.717, 1.165) is 29.8 Å². The number of nitrogens with zero attached hydrogens (tertiary/aromatic N) is 5. The Hall–Kier alpha value is -3.54. The minimum atomic E-state index is -0.210. The van der Waals surface area contributed by atoms with Gasteiger partial charge in [0.05, 0.1) is 43.3 Å². The number of pyridine rings is 1. The number of hydrogen-bond donors (Lipinski definition) is 2. The summed E-state index contributed by atoms with van der Waals surface area (Å²) in [5, 5.41) is 10.7. The lowest BCUT2D eigenvalue weighted by atomic mass is 9.89. The molecule has 3 aliphatic heterocycles. The molecule has 6 rings (SSSR count). The molecule has 0 radical (unpaired) electrons. The summed E-state index contributed by atoms with van der Waals surface area (Å²) in [5.74, 6) is 1.34. The Balaban J connectivity index is 1.38. The van der Waals surface area contributed by atoms with E-state index in [0.29, 0.717) is 35.9 Å². The van der Waals surface area contributed by atoms with Crippen LogP contribution in [0.4, 0.5) is 5.82 Å². The molecule has 11 heteroatoms. The second-order valence-corrected chi connectivity index (χ2v) is 9.21. The molecule has 1 aliphatic carbocycles. The highest BCUT2D eigenvalue weighted by molar-refractivity contribution is 6.00. The van der Waals surface area contributed by atoms with Crippen molar-refractivity contribution in [1.29, 1.82) is 0 Å². The van der Waals surface area contributed by atoms with Gasteiger partial charge in [0.25, 0.3) is 5.91 Å². The molecule has 0 aromatic carbocycles. The molecule has 1 amide bonds. The van der Waals surface area contributed by atoms with Crippen LogP contribution in [0.2, 0.25) is 0 Å². The molecule has 0 bridgehead atoms. The van der Waals surface area contributed by atoms with Crippen LogP contribution in [0.5, 0.6) is 0 Å². The third kappa shape index (κ3) is 3.62. The minimum absolute atomic E-state index is 0.00133. The molecule has 5 heterocycles. The number of carbonyl (C=O) groups excluding carboxylic acids is 1. The van der Waals surface area contributed by atoms with Crippen molar-refractivity contribution in [2.75, 3.05) is 39.8 Å². The van der Waals surface area contributed by atoms with Crippen LogP contribution in [0, 0.1) is 0 Å². The molecule has 4 aliphatic rings. The lowest BCUT2D eigenvalue weighted by Gasteiger charge is -2.35. The number of carbonyl (C=O) groups is 1. The summed E-state index contributed by atoms with van der Waals surface area (Å²) in [6.07, 6.45) is 7.24. The molecule has 2 N–H and O–H groups in total. The van der Waals surface area contributed by atoms with E-state index < -0.39 is 0 Å². The second-order valence-electron chi connectivity index (χ2n) is 9.21. The lowest BCUT2D eigenvalue weighted by molar-refractivity contribution is 0.00732. The smallest absolute Gasteiger partial charge is 0.257 e. The van der Waals surface area contributed by atoms with Crippen molar-refractivity contribution in [3.05, 3.63) is 42.4 Å². The van der Waals surface area contributed by atoms with Crippen molar-refractivity contribution >= 4 is 17.4 Å². The highest BCUT2D eigenvalue weighted by Crippen LogP contribution is 2.37. The van der Waals surface area contributed by atoms with Crippen molar-refractivity contribution < 1.29 is 19.0 Å². The van der Waals surface area contributed by atoms with Crippen molar-refractivity contribution in [3.63, 3.8) is 0 Å². The van der Waals surface area contributed by atoms with Gasteiger partial charge in [0.2, 0.25) is 0 Å². The predicted molar refractivity (Wildman–Crippen MR) is 132 cm³/mol. The summed E-state index contributed by atoms with van der Waals surface area (Å²) >= 11 is 0. The molecule has 188 valence electrons. The fourth-order valence-corrected chi connectivity index (χ4v) is 5.14. The van der Waals surface area contributed by atoms with Crippen LogP contribution >= 0.6 is 0 Å². The van der Waals surface area contributed by atoms with Gasteiger partial charge >= 0.3 is 0 Å². The second kappa shape index (κ2) is 9.16. The van der Waals surface area contributed by atoms with Gasteiger partial charge in [0.1, 0.15) is 23.3 Å². The van der Waals surface area contributed by atoms with Crippen LogP contribution in [0.25, 0.3) is 28.3 Å². The third-order valence-electron chi connectivity index (χ3n) is 7.34. The molecule has 1 saturated heterocycles. The summed E-state index contributed by atoms with van der Waals surface area (Å²) in [6, 6.07) is 5.98. The monoisotopic (exact) mass is 491 g/mol. The predicted octanol–water partition coefficient (Wildman–Crippen LogP) is 2.23. The zero-order valence-electron chi connectivity index (χ0n) is 20.5. The Morgan fingerprint density at radius 3 is 2.75 bits per heavy atom. The number of fused-ring (bicyclic) bond motifs is 2. The highest BCUT2D eigenvalue weighted by Gasteiger charge is 2.34. The van der Waals surface area contributed by atoms with E-state index in [9.17, 15) is 4.79 Å². The van der Waals surface area contributed by atoms with Gasteiger partial charge < -0.3 is 29.4 Å². The molecular weight excluding hydrogens is 462 g/mol. The average Bonchev–Trinajstić information content (AvgIpc) is 3.63. The molecule has 2 aromatic rings. The average molecular weight is 492 g/mol. The Morgan fingerprint density at radius 2 is 2.00 bits per heavy atom. The van der Waals surface area contributed by atoms with Gasteiger partial charge in [-0.15, -0.1) is 0 Å². The number of anilines is 1. The van der Waals surface area contributed by atoms with Gasteiger partial charge in [-0.1, -0.05) is 0 Å². The maximum atomic E-state index is 13.1. The first-order valence-electron chi connectivity index (χ1n) is 12.1. The van der Waals surface area contributed by atoms with Gasteiger partial charge in [-0.05, 0) is 25.0 Å². The molecule has 4 atom stereocenters. The third-order valence-corrected chi connectivity index (χ3v) is 7.34. The number of methoxy groups -OCH3 is 2. The van der Waals surface area contributed by atoms with Crippen LogP contribution in [0.3, 0.4) is 0 Å². The van der Waals surface area contributed by atoms with Crippen LogP contribution in [-0.4, -0.2) is 82.8 Å². The molecule has 0 unspecified atom stereocenters. The van der Waals surface area contributed by atoms with E-state index in [-0.39, 0.29) is 30.2 Å². The maximum absolute atomic E-state index is 13.1. The van der Waals surface area contributed by atoms with E-state index in [1.165, 1.54) is 0 Å². The normalized spacial score (nSPS) is 23.8. The minimum Gasteiger partial charge on any atom is -0.379 e. The van der Waals surface area contributed by atoms with E-state index >= 15 is 0 Å². The molecule has 2 fully saturated rings. The molecule has 11 nitrogen and oxygen atoms in total. The summed E-state index contributed by atoms with van der Waals surface area (Å²) in [6.45, 7) is 1.12. The molecule has 36 heavy (non-hydrogen) atoms. The Kier molecular flexibility index (Phi) is 5.82. The van der Waals surface area contributed by atoms with Crippen LogP contribution in [0.15, 0.2) is 36.8 Å². The van der Waals surface area contributed by atoms with Crippen LogP contribution in [0.1, 0.15) is 29.2 Å². The molecule has 2 aromatic heterocycles. The van der Waals surface area contributed by atoms with E-state index in [2.05, 4.69) is 20.3 Å². The number of ether oxygens (including phenoxy) is 3. The van der Waals surface area contributed by atoms with Crippen molar-refractivity contribution in [3.8, 4) is 22.6 Å². The Labute approximate surface area is 208 Å². The number of amides is 1. The fourth-order valence-electron chi connectivity index (χ4n) is 5.14. The van der Waals surface area contributed by atoms with Gasteiger partial charge in [0.15, 0.2) is 5.65 Å². The van der Waals surface area contributed by atoms with Gasteiger partial charge in [-0.2, -0.15) is 9.61 Å². The van der Waals surface area contributed by atoms with Crippen molar-refractivity contribution in [2.24, 2.45) is 0 Å². The van der Waals surface area contributed by atoms with E-state index in [4.69, 9.17) is 24.2 Å². The van der Waals surface area contributed by atoms with Gasteiger partial charge in [-0.3, -0.25) is 4.79 Å². The van der Waals surface area contributed by atoms with Crippen LogP contribution in [-0.2, 0) is 14.2 Å². The Morgan fingerprint density at radius 1 is 1.14 bits per heavy atom. The first-order valence-corrected chi connectivity index (χ1v) is 12.1. The van der Waals surface area contributed by atoms with Gasteiger partial charge in [0, 0.05) is 50.9 Å². The Bertz CT molecular complexity index is 1380. The first-order chi connectivity index (χ1) is 17.6. The SMILES string of the molecule is CNc1cc(-c2cnc3n([C@H]4COC[C@@H]4OC)cccc2-3)nc2c(C(=O)N[C@H]3CC[C@@H]3OC)cnn12. The molecule has 0 spiro atoms. The first kappa shape index (κ1) is 22.9. The number of rotatable bonds is 7. The summed E-state index contributed by atoms with van der Waals surface area (Å²) in [4.78, 5) is 22.7. The van der Waals surface area contributed by atoms with E-state index in [1.54, 1.807) is 24.9 Å².